The molecule has 0 unspecified atom stereocenters. The van der Waals surface area contributed by atoms with Gasteiger partial charge in [-0.1, -0.05) is 30.3 Å². The first-order chi connectivity index (χ1) is 13.0. The fourth-order valence-corrected chi connectivity index (χ4v) is 3.59. The van der Waals surface area contributed by atoms with Crippen LogP contribution in [-0.4, -0.2) is 31.8 Å². The third-order valence-electron chi connectivity index (χ3n) is 4.86. The standard InChI is InChI=1S/C21H16O6/c1-25-11-7-8-12(16(9-11)26-2)15-10-17(22)27-21-18(15)19(23)13-5-3-4-6-14(13)20(21)24/h3-9,15H,10H2,1-2H3/t15-/m1/s1. The van der Waals surface area contributed by atoms with Crippen molar-refractivity contribution in [2.24, 2.45) is 0 Å². The van der Waals surface area contributed by atoms with Crippen molar-refractivity contribution in [3.8, 4) is 11.5 Å². The lowest BCUT2D eigenvalue weighted by atomic mass is 9.76. The topological polar surface area (TPSA) is 78.9 Å². The molecule has 0 fully saturated rings. The van der Waals surface area contributed by atoms with Gasteiger partial charge in [0.25, 0.3) is 0 Å². The molecule has 2 aromatic rings. The smallest absolute Gasteiger partial charge is 0.312 e. The average molecular weight is 364 g/mol. The SMILES string of the molecule is COc1ccc([C@H]2CC(=O)OC3=C2C(=O)c2ccccc2C3=O)c(OC)c1. The molecule has 1 aliphatic carbocycles. The Hall–Kier alpha value is -3.41. The number of methoxy groups -OCH3 is 2. The summed E-state index contributed by atoms with van der Waals surface area (Å²) < 4.78 is 15.8. The van der Waals surface area contributed by atoms with Crippen molar-refractivity contribution >= 4 is 17.5 Å². The van der Waals surface area contributed by atoms with E-state index in [2.05, 4.69) is 0 Å². The molecule has 6 nitrogen and oxygen atoms in total. The van der Waals surface area contributed by atoms with Crippen molar-refractivity contribution < 1.29 is 28.6 Å². The summed E-state index contributed by atoms with van der Waals surface area (Å²) >= 11 is 0. The maximum atomic E-state index is 13.1. The molecule has 0 bridgehead atoms. The van der Waals surface area contributed by atoms with E-state index < -0.39 is 17.7 Å². The largest absolute Gasteiger partial charge is 0.497 e. The van der Waals surface area contributed by atoms with Gasteiger partial charge in [0.15, 0.2) is 11.5 Å². The molecule has 1 heterocycles. The molecule has 0 radical (unpaired) electrons. The van der Waals surface area contributed by atoms with E-state index in [1.165, 1.54) is 14.2 Å². The Morgan fingerprint density at radius 3 is 2.30 bits per heavy atom. The second-order valence-corrected chi connectivity index (χ2v) is 6.29. The second-order valence-electron chi connectivity index (χ2n) is 6.29. The number of allylic oxidation sites excluding steroid dienone is 2. The van der Waals surface area contributed by atoms with Crippen molar-refractivity contribution in [3.05, 3.63) is 70.5 Å². The van der Waals surface area contributed by atoms with Crippen molar-refractivity contribution in [1.82, 2.24) is 0 Å². The molecular weight excluding hydrogens is 348 g/mol. The van der Waals surface area contributed by atoms with Crippen LogP contribution in [0.5, 0.6) is 11.5 Å². The number of carbonyl (C=O) groups is 3. The van der Waals surface area contributed by atoms with Gasteiger partial charge in [-0.15, -0.1) is 0 Å². The summed E-state index contributed by atoms with van der Waals surface area (Å²) in [6.07, 6.45) is -0.0529. The van der Waals surface area contributed by atoms with Crippen molar-refractivity contribution in [2.75, 3.05) is 14.2 Å². The molecule has 0 aromatic heterocycles. The number of carbonyl (C=O) groups excluding carboxylic acids is 3. The van der Waals surface area contributed by atoms with E-state index in [1.807, 2.05) is 0 Å². The summed E-state index contributed by atoms with van der Waals surface area (Å²) in [5.41, 5.74) is 1.39. The molecule has 0 spiro atoms. The van der Waals surface area contributed by atoms with Crippen LogP contribution in [0.2, 0.25) is 0 Å². The minimum absolute atomic E-state index is 0.0529. The van der Waals surface area contributed by atoms with Crippen LogP contribution in [0.3, 0.4) is 0 Å². The molecule has 1 aliphatic heterocycles. The van der Waals surface area contributed by atoms with Gasteiger partial charge in [-0.2, -0.15) is 0 Å². The van der Waals surface area contributed by atoms with Crippen LogP contribution < -0.4 is 9.47 Å². The average Bonchev–Trinajstić information content (AvgIpc) is 2.70. The van der Waals surface area contributed by atoms with Crippen molar-refractivity contribution in [1.29, 1.82) is 0 Å². The fraction of sp³-hybridized carbons (Fsp3) is 0.190. The summed E-state index contributed by atoms with van der Waals surface area (Å²) in [7, 11) is 3.03. The predicted octanol–water partition coefficient (Wildman–Crippen LogP) is 3.07. The number of ether oxygens (including phenoxy) is 3. The number of hydrogen-bond donors (Lipinski definition) is 0. The first kappa shape index (κ1) is 17.0. The molecule has 27 heavy (non-hydrogen) atoms. The van der Waals surface area contributed by atoms with Crippen LogP contribution >= 0.6 is 0 Å². The molecule has 0 amide bonds. The van der Waals surface area contributed by atoms with E-state index in [4.69, 9.17) is 14.2 Å². The highest BCUT2D eigenvalue weighted by Crippen LogP contribution is 2.44. The number of rotatable bonds is 3. The summed E-state index contributed by atoms with van der Waals surface area (Å²) in [6.45, 7) is 0. The predicted molar refractivity (Wildman–Crippen MR) is 95.1 cm³/mol. The molecule has 2 aliphatic rings. The number of benzene rings is 2. The monoisotopic (exact) mass is 364 g/mol. The minimum atomic E-state index is -0.632. The quantitative estimate of drug-likeness (QED) is 0.779. The summed E-state index contributed by atoms with van der Waals surface area (Å²) in [5.74, 6) is -1.08. The number of fused-ring (bicyclic) bond motifs is 1. The summed E-state index contributed by atoms with van der Waals surface area (Å²) in [6, 6.07) is 11.7. The first-order valence-corrected chi connectivity index (χ1v) is 8.40. The first-order valence-electron chi connectivity index (χ1n) is 8.40. The molecule has 136 valence electrons. The number of Topliss-reactive ketones (excluding diaryl/α,β-unsaturated/α-hetero) is 2. The molecular formula is C21H16O6. The van der Waals surface area contributed by atoms with Gasteiger partial charge in [0, 0.05) is 28.7 Å². The van der Waals surface area contributed by atoms with Crippen LogP contribution in [0, 0.1) is 0 Å². The van der Waals surface area contributed by atoms with Gasteiger partial charge < -0.3 is 14.2 Å². The lowest BCUT2D eigenvalue weighted by Gasteiger charge is -2.30. The van der Waals surface area contributed by atoms with Gasteiger partial charge in [0.05, 0.1) is 26.2 Å². The van der Waals surface area contributed by atoms with Gasteiger partial charge >= 0.3 is 5.97 Å². The van der Waals surface area contributed by atoms with E-state index >= 15 is 0 Å². The zero-order valence-corrected chi connectivity index (χ0v) is 14.8. The normalized spacial score (nSPS) is 18.6. The number of hydrogen-bond acceptors (Lipinski definition) is 6. The highest BCUT2D eigenvalue weighted by molar-refractivity contribution is 6.27. The zero-order valence-electron chi connectivity index (χ0n) is 14.8. The molecule has 6 heteroatoms. The Bertz CT molecular complexity index is 1020. The maximum absolute atomic E-state index is 13.1. The second kappa shape index (κ2) is 6.39. The zero-order chi connectivity index (χ0) is 19.1. The van der Waals surface area contributed by atoms with Gasteiger partial charge in [-0.25, -0.2) is 0 Å². The third-order valence-corrected chi connectivity index (χ3v) is 4.86. The number of esters is 1. The number of ketones is 2. The molecule has 4 rings (SSSR count). The highest BCUT2D eigenvalue weighted by atomic mass is 16.5. The van der Waals surface area contributed by atoms with Gasteiger partial charge in [-0.05, 0) is 6.07 Å². The van der Waals surface area contributed by atoms with E-state index in [1.54, 1.807) is 42.5 Å². The molecule has 0 saturated carbocycles. The summed E-state index contributed by atoms with van der Waals surface area (Å²) in [5, 5.41) is 0. The van der Waals surface area contributed by atoms with E-state index in [0.717, 1.165) is 0 Å². The van der Waals surface area contributed by atoms with Crippen molar-refractivity contribution in [3.63, 3.8) is 0 Å². The van der Waals surface area contributed by atoms with E-state index in [0.29, 0.717) is 22.6 Å². The highest BCUT2D eigenvalue weighted by Gasteiger charge is 2.43. The lowest BCUT2D eigenvalue weighted by molar-refractivity contribution is -0.140. The van der Waals surface area contributed by atoms with Gasteiger partial charge in [0.1, 0.15) is 11.5 Å². The molecule has 0 N–H and O–H groups in total. The van der Waals surface area contributed by atoms with E-state index in [9.17, 15) is 14.4 Å². The Morgan fingerprint density at radius 2 is 1.63 bits per heavy atom. The molecule has 2 aromatic carbocycles. The van der Waals surface area contributed by atoms with Crippen LogP contribution in [0.25, 0.3) is 0 Å². The van der Waals surface area contributed by atoms with Gasteiger partial charge in [-0.3, -0.25) is 14.4 Å². The Morgan fingerprint density at radius 1 is 0.926 bits per heavy atom. The maximum Gasteiger partial charge on any atom is 0.312 e. The van der Waals surface area contributed by atoms with E-state index in [-0.39, 0.29) is 29.1 Å². The third kappa shape index (κ3) is 2.61. The van der Waals surface area contributed by atoms with Gasteiger partial charge in [0.2, 0.25) is 5.78 Å². The minimum Gasteiger partial charge on any atom is -0.497 e. The fourth-order valence-electron chi connectivity index (χ4n) is 3.59. The Kier molecular flexibility index (Phi) is 4.03. The Balaban J connectivity index is 1.91. The lowest BCUT2D eigenvalue weighted by Crippen LogP contribution is -2.33. The Labute approximate surface area is 155 Å². The van der Waals surface area contributed by atoms with Crippen LogP contribution in [-0.2, 0) is 9.53 Å². The van der Waals surface area contributed by atoms with Crippen molar-refractivity contribution in [2.45, 2.75) is 12.3 Å². The van der Waals surface area contributed by atoms with Crippen LogP contribution in [0.15, 0.2) is 53.8 Å². The van der Waals surface area contributed by atoms with Crippen LogP contribution in [0.1, 0.15) is 38.6 Å². The van der Waals surface area contributed by atoms with Crippen LogP contribution in [0.4, 0.5) is 0 Å². The molecule has 1 atom stereocenters. The summed E-state index contributed by atoms with van der Waals surface area (Å²) in [4.78, 5) is 38.2. The molecule has 0 saturated heterocycles.